The first kappa shape index (κ1) is 19.1. The lowest BCUT2D eigenvalue weighted by Crippen LogP contribution is -2.28. The van der Waals surface area contributed by atoms with Gasteiger partial charge in [-0.2, -0.15) is 0 Å². The minimum Gasteiger partial charge on any atom is -0.378 e. The maximum atomic E-state index is 4.77. The number of aromatic amines is 1. The molecule has 3 aromatic carbocycles. The van der Waals surface area contributed by atoms with Gasteiger partial charge in [-0.25, -0.2) is 9.55 Å². The van der Waals surface area contributed by atoms with E-state index < -0.39 is 0 Å². The summed E-state index contributed by atoms with van der Waals surface area (Å²) >= 11 is 0. The van der Waals surface area contributed by atoms with E-state index >= 15 is 0 Å². The van der Waals surface area contributed by atoms with Crippen molar-refractivity contribution in [3.63, 3.8) is 0 Å². The molecule has 0 aliphatic heterocycles. The number of anilines is 1. The number of rotatable bonds is 4. The fraction of sp³-hybridized carbons (Fsp3) is 0.111. The van der Waals surface area contributed by atoms with Gasteiger partial charge in [0, 0.05) is 37.5 Å². The highest BCUT2D eigenvalue weighted by Crippen LogP contribution is 2.26. The molecule has 0 aliphatic carbocycles. The molecule has 2 heterocycles. The van der Waals surface area contributed by atoms with Gasteiger partial charge in [0.1, 0.15) is 12.9 Å². The van der Waals surface area contributed by atoms with Gasteiger partial charge in [0.05, 0.1) is 16.4 Å². The lowest BCUT2D eigenvalue weighted by atomic mass is 10.0. The van der Waals surface area contributed by atoms with Crippen LogP contribution >= 0.6 is 0 Å². The third-order valence-corrected chi connectivity index (χ3v) is 5.69. The smallest absolute Gasteiger partial charge is 0.212 e. The Bertz CT molecular complexity index is 1380. The van der Waals surface area contributed by atoms with Gasteiger partial charge in [-0.15, -0.1) is 0 Å². The fourth-order valence-electron chi connectivity index (χ4n) is 3.89. The molecule has 4 heteroatoms. The Morgan fingerprint density at radius 3 is 2.48 bits per heavy atom. The van der Waals surface area contributed by atoms with Crippen LogP contribution in [0.15, 0.2) is 79.0 Å². The topological polar surface area (TPSA) is 35.8 Å². The molecule has 0 bridgehead atoms. The van der Waals surface area contributed by atoms with Gasteiger partial charge in [0.2, 0.25) is 5.52 Å². The molecule has 0 unspecified atom stereocenters. The Hall–Kier alpha value is -3.92. The molecular weight excluding hydrogens is 380 g/mol. The predicted octanol–water partition coefficient (Wildman–Crippen LogP) is 5.44. The Kier molecular flexibility index (Phi) is 4.75. The molecule has 5 rings (SSSR count). The first-order valence-electron chi connectivity index (χ1n) is 10.4. The SMILES string of the molecule is CN(C)c1ccc(/C=C/c2cc[n+](C)c3ccc(-c4nc5ccccc5[nH]4)cc23)cc1. The Morgan fingerprint density at radius 1 is 0.903 bits per heavy atom. The van der Waals surface area contributed by atoms with Gasteiger partial charge in [0.15, 0.2) is 6.20 Å². The van der Waals surface area contributed by atoms with E-state index in [9.17, 15) is 0 Å². The lowest BCUT2D eigenvalue weighted by molar-refractivity contribution is -0.644. The molecule has 152 valence electrons. The van der Waals surface area contributed by atoms with Crippen LogP contribution in [0.2, 0.25) is 0 Å². The lowest BCUT2D eigenvalue weighted by Gasteiger charge is -2.11. The van der Waals surface area contributed by atoms with Gasteiger partial charge in [0.25, 0.3) is 0 Å². The van der Waals surface area contributed by atoms with E-state index in [4.69, 9.17) is 4.98 Å². The Balaban J connectivity index is 1.56. The fourth-order valence-corrected chi connectivity index (χ4v) is 3.89. The number of benzene rings is 3. The number of hydrogen-bond acceptors (Lipinski definition) is 2. The van der Waals surface area contributed by atoms with E-state index in [0.717, 1.165) is 22.4 Å². The molecule has 0 radical (unpaired) electrons. The zero-order chi connectivity index (χ0) is 21.4. The van der Waals surface area contributed by atoms with Crippen LogP contribution in [0.3, 0.4) is 0 Å². The van der Waals surface area contributed by atoms with E-state index in [1.54, 1.807) is 0 Å². The van der Waals surface area contributed by atoms with Gasteiger partial charge >= 0.3 is 0 Å². The van der Waals surface area contributed by atoms with Crippen LogP contribution in [-0.2, 0) is 7.05 Å². The number of hydrogen-bond donors (Lipinski definition) is 1. The number of fused-ring (bicyclic) bond motifs is 2. The van der Waals surface area contributed by atoms with Crippen molar-refractivity contribution >= 4 is 39.8 Å². The second-order valence-electron chi connectivity index (χ2n) is 8.04. The van der Waals surface area contributed by atoms with Crippen molar-refractivity contribution in [3.8, 4) is 11.4 Å². The highest BCUT2D eigenvalue weighted by atomic mass is 15.1. The van der Waals surface area contributed by atoms with E-state index in [2.05, 4.69) is 109 Å². The molecule has 0 amide bonds. The largest absolute Gasteiger partial charge is 0.378 e. The molecule has 4 nitrogen and oxygen atoms in total. The molecule has 2 aromatic heterocycles. The summed E-state index contributed by atoms with van der Waals surface area (Å²) in [7, 11) is 6.19. The number of para-hydroxylation sites is 2. The van der Waals surface area contributed by atoms with Crippen molar-refractivity contribution < 1.29 is 4.57 Å². The van der Waals surface area contributed by atoms with Crippen LogP contribution in [0.4, 0.5) is 5.69 Å². The van der Waals surface area contributed by atoms with Gasteiger partial charge in [-0.3, -0.25) is 0 Å². The first-order chi connectivity index (χ1) is 15.1. The van der Waals surface area contributed by atoms with Gasteiger partial charge in [-0.1, -0.05) is 36.4 Å². The third kappa shape index (κ3) is 3.68. The Labute approximate surface area is 182 Å². The van der Waals surface area contributed by atoms with Crippen molar-refractivity contribution in [2.75, 3.05) is 19.0 Å². The summed E-state index contributed by atoms with van der Waals surface area (Å²) in [4.78, 5) is 10.3. The van der Waals surface area contributed by atoms with Gasteiger partial charge in [-0.05, 0) is 47.5 Å². The first-order valence-corrected chi connectivity index (χ1v) is 10.4. The van der Waals surface area contributed by atoms with Crippen LogP contribution in [-0.4, -0.2) is 24.1 Å². The molecule has 0 spiro atoms. The van der Waals surface area contributed by atoms with E-state index in [1.807, 2.05) is 18.2 Å². The number of aromatic nitrogens is 3. The molecule has 31 heavy (non-hydrogen) atoms. The average Bonchev–Trinajstić information content (AvgIpc) is 3.23. The predicted molar refractivity (Wildman–Crippen MR) is 130 cm³/mol. The summed E-state index contributed by atoms with van der Waals surface area (Å²) < 4.78 is 2.15. The molecule has 0 saturated heterocycles. The van der Waals surface area contributed by atoms with Crippen LogP contribution in [0.1, 0.15) is 11.1 Å². The number of nitrogens with one attached hydrogen (secondary N) is 1. The molecule has 0 fully saturated rings. The van der Waals surface area contributed by atoms with E-state index in [0.29, 0.717) is 0 Å². The summed E-state index contributed by atoms with van der Waals surface area (Å²) in [6, 6.07) is 25.4. The zero-order valence-electron chi connectivity index (χ0n) is 18.0. The quantitative estimate of drug-likeness (QED) is 0.404. The summed E-state index contributed by atoms with van der Waals surface area (Å²) in [6.45, 7) is 0. The Morgan fingerprint density at radius 2 is 1.71 bits per heavy atom. The number of pyridine rings is 1. The maximum absolute atomic E-state index is 4.77. The standard InChI is InChI=1S/C27H25N4/c1-30(2)22-13-9-19(10-14-22)8-11-20-16-17-31(3)26-15-12-21(18-23(20)26)27-28-24-6-4-5-7-25(24)29-27/h4-18H,1-3H3,(H,28,29)/q+1. The van der Waals surface area contributed by atoms with Crippen molar-refractivity contribution in [2.45, 2.75) is 0 Å². The average molecular weight is 406 g/mol. The molecular formula is C27H25N4+. The van der Waals surface area contributed by atoms with Crippen molar-refractivity contribution in [1.82, 2.24) is 9.97 Å². The molecule has 5 aromatic rings. The summed E-state index contributed by atoms with van der Waals surface area (Å²) in [5.74, 6) is 0.892. The van der Waals surface area contributed by atoms with Crippen LogP contribution in [0.25, 0.3) is 45.5 Å². The second-order valence-corrected chi connectivity index (χ2v) is 8.04. The van der Waals surface area contributed by atoms with Crippen LogP contribution in [0.5, 0.6) is 0 Å². The number of H-pyrrole nitrogens is 1. The maximum Gasteiger partial charge on any atom is 0.212 e. The monoisotopic (exact) mass is 405 g/mol. The van der Waals surface area contributed by atoms with Crippen molar-refractivity contribution in [1.29, 1.82) is 0 Å². The third-order valence-electron chi connectivity index (χ3n) is 5.69. The van der Waals surface area contributed by atoms with Crippen LogP contribution in [0, 0.1) is 0 Å². The molecule has 0 atom stereocenters. The van der Waals surface area contributed by atoms with Crippen molar-refractivity contribution in [2.24, 2.45) is 7.05 Å². The summed E-state index contributed by atoms with van der Waals surface area (Å²) in [5.41, 5.74) is 7.87. The van der Waals surface area contributed by atoms with Gasteiger partial charge < -0.3 is 9.88 Å². The second kappa shape index (κ2) is 7.73. The number of imidazole rings is 1. The summed E-state index contributed by atoms with van der Waals surface area (Å²) in [6.07, 6.45) is 6.47. The minimum atomic E-state index is 0.892. The number of nitrogens with zero attached hydrogens (tertiary/aromatic N) is 3. The van der Waals surface area contributed by atoms with Crippen molar-refractivity contribution in [3.05, 3.63) is 90.1 Å². The molecule has 1 N–H and O–H groups in total. The normalized spacial score (nSPS) is 11.6. The van der Waals surface area contributed by atoms with Crippen LogP contribution < -0.4 is 9.47 Å². The zero-order valence-corrected chi connectivity index (χ0v) is 18.0. The molecule has 0 saturated carbocycles. The van der Waals surface area contributed by atoms with E-state index in [1.165, 1.54) is 27.7 Å². The number of aryl methyl sites for hydroxylation is 1. The highest BCUT2D eigenvalue weighted by molar-refractivity contribution is 5.92. The minimum absolute atomic E-state index is 0.892. The summed E-state index contributed by atoms with van der Waals surface area (Å²) in [5, 5.41) is 1.20. The molecule has 0 aliphatic rings. The van der Waals surface area contributed by atoms with E-state index in [-0.39, 0.29) is 0 Å². The highest BCUT2D eigenvalue weighted by Gasteiger charge is 2.12.